The standard InChI is InChI=1S/C33H29F3N2O9S/c1-4-45-32(42)29-23(19-12-13-25(43-2)26(14-19)44-3)18-48-30(29)38-28(40)17-47-31(41)22-10-5-6-11-24(22)46-16-27(39)37-21-9-7-8-20(15-21)33(34,35)36/h5-15,18H,4,16-17H2,1-3H3,(H,37,39)(H,38,40). The number of para-hydroxylation sites is 1. The number of esters is 2. The van der Waals surface area contributed by atoms with Crippen LogP contribution in [-0.2, 0) is 25.2 Å². The van der Waals surface area contributed by atoms with Crippen molar-refractivity contribution >= 4 is 45.8 Å². The smallest absolute Gasteiger partial charge is 0.416 e. The van der Waals surface area contributed by atoms with Crippen molar-refractivity contribution in [2.24, 2.45) is 0 Å². The number of thiophene rings is 1. The lowest BCUT2D eigenvalue weighted by Crippen LogP contribution is -2.23. The van der Waals surface area contributed by atoms with Gasteiger partial charge in [0.2, 0.25) is 0 Å². The number of amides is 2. The number of halogens is 3. The molecule has 4 aromatic rings. The van der Waals surface area contributed by atoms with Gasteiger partial charge in [0, 0.05) is 16.6 Å². The van der Waals surface area contributed by atoms with Gasteiger partial charge in [-0.25, -0.2) is 9.59 Å². The lowest BCUT2D eigenvalue weighted by Gasteiger charge is -2.13. The normalized spacial score (nSPS) is 10.9. The number of carbonyl (C=O) groups excluding carboxylic acids is 4. The van der Waals surface area contributed by atoms with Crippen LogP contribution in [0.2, 0.25) is 0 Å². The minimum Gasteiger partial charge on any atom is -0.493 e. The number of ether oxygens (including phenoxy) is 5. The second kappa shape index (κ2) is 15.8. The van der Waals surface area contributed by atoms with Crippen molar-refractivity contribution in [1.29, 1.82) is 0 Å². The minimum atomic E-state index is -4.59. The average Bonchev–Trinajstić information content (AvgIpc) is 3.49. The molecule has 1 heterocycles. The highest BCUT2D eigenvalue weighted by molar-refractivity contribution is 7.15. The zero-order valence-electron chi connectivity index (χ0n) is 25.8. The van der Waals surface area contributed by atoms with E-state index in [1.54, 1.807) is 30.5 Å². The van der Waals surface area contributed by atoms with Crippen LogP contribution in [0, 0.1) is 0 Å². The Bertz CT molecular complexity index is 1810. The summed E-state index contributed by atoms with van der Waals surface area (Å²) in [7, 11) is 2.96. The predicted octanol–water partition coefficient (Wildman–Crippen LogP) is 6.44. The third kappa shape index (κ3) is 8.82. The zero-order chi connectivity index (χ0) is 34.8. The van der Waals surface area contributed by atoms with Gasteiger partial charge in [-0.15, -0.1) is 11.3 Å². The number of rotatable bonds is 13. The molecule has 0 spiro atoms. The molecule has 15 heteroatoms. The number of carbonyl (C=O) groups is 4. The predicted molar refractivity (Wildman–Crippen MR) is 170 cm³/mol. The molecule has 0 saturated heterocycles. The first-order valence-electron chi connectivity index (χ1n) is 14.1. The molecule has 0 aliphatic carbocycles. The van der Waals surface area contributed by atoms with E-state index in [1.165, 1.54) is 44.6 Å². The van der Waals surface area contributed by atoms with Gasteiger partial charge in [0.25, 0.3) is 11.8 Å². The van der Waals surface area contributed by atoms with Gasteiger partial charge in [-0.05, 0) is 55.0 Å². The zero-order valence-corrected chi connectivity index (χ0v) is 26.6. The summed E-state index contributed by atoms with van der Waals surface area (Å²) in [6, 6.07) is 14.9. The summed E-state index contributed by atoms with van der Waals surface area (Å²) in [6.07, 6.45) is -4.59. The van der Waals surface area contributed by atoms with E-state index in [0.29, 0.717) is 22.6 Å². The van der Waals surface area contributed by atoms with Gasteiger partial charge in [0.1, 0.15) is 21.9 Å². The van der Waals surface area contributed by atoms with Crippen LogP contribution < -0.4 is 24.8 Å². The van der Waals surface area contributed by atoms with Gasteiger partial charge in [-0.1, -0.05) is 24.3 Å². The fourth-order valence-electron chi connectivity index (χ4n) is 4.32. The molecule has 48 heavy (non-hydrogen) atoms. The number of alkyl halides is 3. The second-order valence-corrected chi connectivity index (χ2v) is 10.6. The van der Waals surface area contributed by atoms with E-state index in [0.717, 1.165) is 29.5 Å². The number of anilines is 2. The molecule has 3 aromatic carbocycles. The maximum absolute atomic E-state index is 13.0. The van der Waals surface area contributed by atoms with Crippen molar-refractivity contribution in [2.45, 2.75) is 13.1 Å². The monoisotopic (exact) mass is 686 g/mol. The Kier molecular flexibility index (Phi) is 11.6. The first-order chi connectivity index (χ1) is 22.9. The SMILES string of the molecule is CCOC(=O)c1c(-c2ccc(OC)c(OC)c2)csc1NC(=O)COC(=O)c1ccccc1OCC(=O)Nc1cccc(C(F)(F)F)c1. The molecule has 0 radical (unpaired) electrons. The molecule has 0 aliphatic heterocycles. The average molecular weight is 687 g/mol. The molecular weight excluding hydrogens is 657 g/mol. The molecule has 4 rings (SSSR count). The highest BCUT2D eigenvalue weighted by atomic mass is 32.1. The highest BCUT2D eigenvalue weighted by Gasteiger charge is 2.30. The van der Waals surface area contributed by atoms with Crippen LogP contribution in [0.5, 0.6) is 17.2 Å². The highest BCUT2D eigenvalue weighted by Crippen LogP contribution is 2.39. The first kappa shape index (κ1) is 35.3. The van der Waals surface area contributed by atoms with E-state index in [4.69, 9.17) is 23.7 Å². The molecule has 0 bridgehead atoms. The summed E-state index contributed by atoms with van der Waals surface area (Å²) in [5.41, 5.74) is 0.0127. The van der Waals surface area contributed by atoms with Crippen LogP contribution in [0.3, 0.4) is 0 Å². The number of benzene rings is 3. The van der Waals surface area contributed by atoms with Gasteiger partial charge in [-0.2, -0.15) is 13.2 Å². The van der Waals surface area contributed by atoms with E-state index in [2.05, 4.69) is 10.6 Å². The quantitative estimate of drug-likeness (QED) is 0.152. The lowest BCUT2D eigenvalue weighted by molar-refractivity contribution is -0.137. The molecule has 0 saturated carbocycles. The van der Waals surface area contributed by atoms with Crippen molar-refractivity contribution in [2.75, 3.05) is 44.7 Å². The Morgan fingerprint density at radius 2 is 1.50 bits per heavy atom. The molecule has 11 nitrogen and oxygen atoms in total. The molecule has 252 valence electrons. The first-order valence-corrected chi connectivity index (χ1v) is 15.0. The van der Waals surface area contributed by atoms with Crippen molar-refractivity contribution in [3.8, 4) is 28.4 Å². The Morgan fingerprint density at radius 1 is 0.771 bits per heavy atom. The molecule has 2 amide bonds. The van der Waals surface area contributed by atoms with E-state index in [1.807, 2.05) is 0 Å². The van der Waals surface area contributed by atoms with Crippen LogP contribution in [0.15, 0.2) is 72.1 Å². The number of nitrogens with one attached hydrogen (secondary N) is 2. The van der Waals surface area contributed by atoms with Crippen LogP contribution in [0.1, 0.15) is 33.2 Å². The van der Waals surface area contributed by atoms with Crippen LogP contribution in [-0.4, -0.2) is 57.8 Å². The van der Waals surface area contributed by atoms with E-state index < -0.39 is 48.7 Å². The number of hydrogen-bond acceptors (Lipinski definition) is 10. The molecule has 0 aliphatic rings. The van der Waals surface area contributed by atoms with Crippen LogP contribution >= 0.6 is 11.3 Å². The third-order valence-electron chi connectivity index (χ3n) is 6.49. The van der Waals surface area contributed by atoms with Crippen LogP contribution in [0.25, 0.3) is 11.1 Å². The summed E-state index contributed by atoms with van der Waals surface area (Å²) in [5, 5.41) is 6.70. The third-order valence-corrected chi connectivity index (χ3v) is 7.39. The minimum absolute atomic E-state index is 0.0653. The summed E-state index contributed by atoms with van der Waals surface area (Å²) in [6.45, 7) is 0.343. The summed E-state index contributed by atoms with van der Waals surface area (Å²) in [4.78, 5) is 51.0. The largest absolute Gasteiger partial charge is 0.493 e. The van der Waals surface area contributed by atoms with Crippen molar-refractivity contribution < 1.29 is 56.0 Å². The van der Waals surface area contributed by atoms with Gasteiger partial charge < -0.3 is 34.3 Å². The van der Waals surface area contributed by atoms with Crippen molar-refractivity contribution in [3.05, 3.63) is 88.8 Å². The summed E-state index contributed by atoms with van der Waals surface area (Å²) in [5.74, 6) is -2.33. The Labute approximate surface area is 276 Å². The molecule has 0 fully saturated rings. The fourth-order valence-corrected chi connectivity index (χ4v) is 5.29. The lowest BCUT2D eigenvalue weighted by atomic mass is 10.0. The Hall–Kier alpha value is -5.57. The Morgan fingerprint density at radius 3 is 2.21 bits per heavy atom. The van der Waals surface area contributed by atoms with E-state index in [-0.39, 0.29) is 34.2 Å². The topological polar surface area (TPSA) is 138 Å². The molecule has 0 atom stereocenters. The van der Waals surface area contributed by atoms with Gasteiger partial charge in [0.15, 0.2) is 24.7 Å². The maximum atomic E-state index is 13.0. The van der Waals surface area contributed by atoms with E-state index in [9.17, 15) is 32.3 Å². The van der Waals surface area contributed by atoms with Gasteiger partial charge >= 0.3 is 18.1 Å². The molecular formula is C33H29F3N2O9S. The second-order valence-electron chi connectivity index (χ2n) is 9.68. The van der Waals surface area contributed by atoms with Crippen LogP contribution in [0.4, 0.5) is 23.9 Å². The fraction of sp³-hybridized carbons (Fsp3) is 0.212. The molecule has 1 aromatic heterocycles. The maximum Gasteiger partial charge on any atom is 0.416 e. The molecule has 0 unspecified atom stereocenters. The van der Waals surface area contributed by atoms with Crippen molar-refractivity contribution in [3.63, 3.8) is 0 Å². The van der Waals surface area contributed by atoms with Crippen molar-refractivity contribution in [1.82, 2.24) is 0 Å². The van der Waals surface area contributed by atoms with Gasteiger partial charge in [0.05, 0.1) is 26.4 Å². The van der Waals surface area contributed by atoms with Gasteiger partial charge in [-0.3, -0.25) is 9.59 Å². The number of methoxy groups -OCH3 is 2. The Balaban J connectivity index is 1.40. The number of hydrogen-bond donors (Lipinski definition) is 2. The van der Waals surface area contributed by atoms with E-state index >= 15 is 0 Å². The molecule has 2 N–H and O–H groups in total. The summed E-state index contributed by atoms with van der Waals surface area (Å²) >= 11 is 1.06. The summed E-state index contributed by atoms with van der Waals surface area (Å²) < 4.78 is 65.4.